The monoisotopic (exact) mass is 156 g/mol. The fourth-order valence-corrected chi connectivity index (χ4v) is 1.90. The second-order valence-corrected chi connectivity index (χ2v) is 3.39. The summed E-state index contributed by atoms with van der Waals surface area (Å²) < 4.78 is 5.20. The molecule has 2 bridgehead atoms. The molecule has 0 spiro atoms. The van der Waals surface area contributed by atoms with Crippen molar-refractivity contribution < 1.29 is 14.6 Å². The van der Waals surface area contributed by atoms with E-state index in [1.54, 1.807) is 0 Å². The zero-order chi connectivity index (χ0) is 7.84. The van der Waals surface area contributed by atoms with Gasteiger partial charge in [-0.25, -0.2) is 0 Å². The summed E-state index contributed by atoms with van der Waals surface area (Å²) in [6.07, 6.45) is 1.13. The lowest BCUT2D eigenvalue weighted by Gasteiger charge is -2.35. The van der Waals surface area contributed by atoms with Crippen LogP contribution >= 0.6 is 0 Å². The predicted octanol–water partition coefficient (Wildman–Crippen LogP) is -0.0272. The molecule has 62 valence electrons. The number of ether oxygens (including phenoxy) is 1. The number of hydrogen-bond acceptors (Lipinski definition) is 3. The third-order valence-electron chi connectivity index (χ3n) is 2.66. The number of carbonyl (C=O) groups is 1. The Morgan fingerprint density at radius 3 is 2.91 bits per heavy atom. The van der Waals surface area contributed by atoms with Crippen molar-refractivity contribution in [2.75, 3.05) is 13.2 Å². The quantitative estimate of drug-likeness (QED) is 0.536. The first kappa shape index (κ1) is 7.25. The molecule has 1 saturated carbocycles. The van der Waals surface area contributed by atoms with Crippen LogP contribution in [-0.4, -0.2) is 30.2 Å². The van der Waals surface area contributed by atoms with Crippen LogP contribution in [0, 0.1) is 11.8 Å². The van der Waals surface area contributed by atoms with Crippen LogP contribution in [0.15, 0.2) is 0 Å². The van der Waals surface area contributed by atoms with E-state index < -0.39 is 6.10 Å². The summed E-state index contributed by atoms with van der Waals surface area (Å²) in [6, 6.07) is 0. The van der Waals surface area contributed by atoms with Gasteiger partial charge in [-0.2, -0.15) is 0 Å². The van der Waals surface area contributed by atoms with Crippen LogP contribution in [0.1, 0.15) is 12.8 Å². The molecule has 1 saturated heterocycles. The minimum absolute atomic E-state index is 0.0807. The summed E-state index contributed by atoms with van der Waals surface area (Å²) in [4.78, 5) is 11.4. The summed E-state index contributed by atoms with van der Waals surface area (Å²) in [6.45, 7) is 0.999. The summed E-state index contributed by atoms with van der Waals surface area (Å²) in [5.41, 5.74) is 0. The van der Waals surface area contributed by atoms with Crippen molar-refractivity contribution in [1.82, 2.24) is 0 Å². The highest BCUT2D eigenvalue weighted by Crippen LogP contribution is 2.30. The first-order chi connectivity index (χ1) is 5.29. The van der Waals surface area contributed by atoms with Gasteiger partial charge in [0.1, 0.15) is 5.78 Å². The Labute approximate surface area is 65.4 Å². The Kier molecular flexibility index (Phi) is 1.69. The summed E-state index contributed by atoms with van der Waals surface area (Å²) >= 11 is 0. The molecule has 11 heavy (non-hydrogen) atoms. The van der Waals surface area contributed by atoms with Gasteiger partial charge in [-0.3, -0.25) is 4.79 Å². The van der Waals surface area contributed by atoms with Gasteiger partial charge in [0.25, 0.3) is 0 Å². The molecule has 0 aromatic rings. The maximum Gasteiger partial charge on any atom is 0.146 e. The SMILES string of the molecule is O=C1[C@H]2CC[C@H](O)[C@H]1COC2. The highest BCUT2D eigenvalue weighted by Gasteiger charge is 2.40. The number of hydrogen-bond donors (Lipinski definition) is 1. The topological polar surface area (TPSA) is 46.5 Å². The van der Waals surface area contributed by atoms with Gasteiger partial charge in [-0.15, -0.1) is 0 Å². The molecule has 0 aromatic carbocycles. The van der Waals surface area contributed by atoms with E-state index in [1.165, 1.54) is 0 Å². The number of rotatable bonds is 0. The van der Waals surface area contributed by atoms with Crippen LogP contribution < -0.4 is 0 Å². The average molecular weight is 156 g/mol. The Morgan fingerprint density at radius 1 is 1.36 bits per heavy atom. The molecular weight excluding hydrogens is 144 g/mol. The second kappa shape index (κ2) is 2.57. The van der Waals surface area contributed by atoms with Gasteiger partial charge in [0, 0.05) is 5.92 Å². The molecule has 2 fully saturated rings. The van der Waals surface area contributed by atoms with Crippen LogP contribution in [0.5, 0.6) is 0 Å². The van der Waals surface area contributed by atoms with Crippen molar-refractivity contribution >= 4 is 5.78 Å². The molecule has 1 aliphatic carbocycles. The van der Waals surface area contributed by atoms with Crippen LogP contribution in [-0.2, 0) is 9.53 Å². The van der Waals surface area contributed by atoms with E-state index in [4.69, 9.17) is 4.74 Å². The smallest absolute Gasteiger partial charge is 0.146 e. The highest BCUT2D eigenvalue weighted by atomic mass is 16.5. The van der Waals surface area contributed by atoms with Gasteiger partial charge in [0.15, 0.2) is 0 Å². The number of ketones is 1. The molecule has 0 radical (unpaired) electrons. The number of fused-ring (bicyclic) bond motifs is 2. The summed E-state index contributed by atoms with van der Waals surface area (Å²) in [7, 11) is 0. The lowest BCUT2D eigenvalue weighted by Crippen LogP contribution is -2.46. The van der Waals surface area contributed by atoms with E-state index in [9.17, 15) is 9.90 Å². The minimum Gasteiger partial charge on any atom is -0.392 e. The lowest BCUT2D eigenvalue weighted by molar-refractivity contribution is -0.149. The van der Waals surface area contributed by atoms with Crippen molar-refractivity contribution in [3.8, 4) is 0 Å². The molecular formula is C8H12O3. The third-order valence-corrected chi connectivity index (χ3v) is 2.66. The summed E-state index contributed by atoms with van der Waals surface area (Å²) in [5.74, 6) is 0.0784. The minimum atomic E-state index is -0.445. The van der Waals surface area contributed by atoms with Gasteiger partial charge < -0.3 is 9.84 Å². The number of aliphatic hydroxyl groups excluding tert-OH is 1. The van der Waals surface area contributed by atoms with E-state index >= 15 is 0 Å². The molecule has 2 aliphatic rings. The first-order valence-corrected chi connectivity index (χ1v) is 4.08. The third kappa shape index (κ3) is 1.08. The van der Waals surface area contributed by atoms with Gasteiger partial charge in [0.05, 0.1) is 25.2 Å². The molecule has 3 nitrogen and oxygen atoms in total. The zero-order valence-electron chi connectivity index (χ0n) is 6.32. The molecule has 0 aromatic heterocycles. The van der Waals surface area contributed by atoms with Crippen molar-refractivity contribution in [2.24, 2.45) is 11.8 Å². The predicted molar refractivity (Wildman–Crippen MR) is 38.0 cm³/mol. The van der Waals surface area contributed by atoms with Crippen LogP contribution in [0.25, 0.3) is 0 Å². The molecule has 1 N–H and O–H groups in total. The number of carbonyl (C=O) groups excluding carboxylic acids is 1. The fourth-order valence-electron chi connectivity index (χ4n) is 1.90. The number of aliphatic hydroxyl groups is 1. The fraction of sp³-hybridized carbons (Fsp3) is 0.875. The van der Waals surface area contributed by atoms with Crippen molar-refractivity contribution in [1.29, 1.82) is 0 Å². The maximum absolute atomic E-state index is 11.4. The van der Waals surface area contributed by atoms with E-state index in [2.05, 4.69) is 0 Å². The lowest BCUT2D eigenvalue weighted by atomic mass is 9.77. The maximum atomic E-state index is 11.4. The van der Waals surface area contributed by atoms with Gasteiger partial charge in [-0.1, -0.05) is 0 Å². The Hall–Kier alpha value is -0.410. The van der Waals surface area contributed by atoms with Gasteiger partial charge in [0.2, 0.25) is 0 Å². The molecule has 0 amide bonds. The van der Waals surface area contributed by atoms with E-state index in [1.807, 2.05) is 0 Å². The standard InChI is InChI=1S/C8H12O3/c9-7-2-1-5-3-11-4-6(7)8(5)10/h5-7,9H,1-4H2/t5-,6+,7-/m0/s1. The van der Waals surface area contributed by atoms with Crippen molar-refractivity contribution in [3.63, 3.8) is 0 Å². The molecule has 1 heterocycles. The zero-order valence-corrected chi connectivity index (χ0v) is 6.32. The average Bonchev–Trinajstić information content (AvgIpc) is 1.98. The molecule has 2 rings (SSSR count). The number of Topliss-reactive ketones (excluding diaryl/α,β-unsaturated/α-hetero) is 1. The van der Waals surface area contributed by atoms with E-state index in [0.29, 0.717) is 13.2 Å². The Bertz CT molecular complexity index is 178. The van der Waals surface area contributed by atoms with Crippen LogP contribution in [0.2, 0.25) is 0 Å². The van der Waals surface area contributed by atoms with Gasteiger partial charge >= 0.3 is 0 Å². The van der Waals surface area contributed by atoms with Crippen LogP contribution in [0.3, 0.4) is 0 Å². The second-order valence-electron chi connectivity index (χ2n) is 3.39. The molecule has 3 heteroatoms. The van der Waals surface area contributed by atoms with Gasteiger partial charge in [-0.05, 0) is 12.8 Å². The molecule has 0 unspecified atom stereocenters. The van der Waals surface area contributed by atoms with E-state index in [0.717, 1.165) is 12.8 Å². The Balaban J connectivity index is 2.16. The normalized spacial score (nSPS) is 44.1. The molecule has 3 atom stereocenters. The van der Waals surface area contributed by atoms with E-state index in [-0.39, 0.29) is 17.6 Å². The van der Waals surface area contributed by atoms with Crippen molar-refractivity contribution in [2.45, 2.75) is 18.9 Å². The van der Waals surface area contributed by atoms with Crippen molar-refractivity contribution in [3.05, 3.63) is 0 Å². The highest BCUT2D eigenvalue weighted by molar-refractivity contribution is 5.85. The first-order valence-electron chi connectivity index (χ1n) is 4.08. The molecule has 1 aliphatic heterocycles. The van der Waals surface area contributed by atoms with Crippen LogP contribution in [0.4, 0.5) is 0 Å². The summed E-state index contributed by atoms with van der Waals surface area (Å²) in [5, 5.41) is 9.39. The largest absolute Gasteiger partial charge is 0.392 e. The Morgan fingerprint density at radius 2 is 2.18 bits per heavy atom.